The van der Waals surface area contributed by atoms with Crippen LogP contribution in [0.5, 0.6) is 0 Å². The number of carbonyl (C=O) groups excluding carboxylic acids is 2. The Morgan fingerprint density at radius 2 is 1.72 bits per heavy atom. The first-order chi connectivity index (χ1) is 8.58. The van der Waals surface area contributed by atoms with Gasteiger partial charge in [-0.15, -0.1) is 0 Å². The van der Waals surface area contributed by atoms with Gasteiger partial charge in [0.25, 0.3) is 0 Å². The normalized spacial score (nSPS) is 9.94. The van der Waals surface area contributed by atoms with E-state index in [9.17, 15) is 14.0 Å². The molecule has 1 N–H and O–H groups in total. The quantitative estimate of drug-likeness (QED) is 0.821. The first kappa shape index (κ1) is 14.2. The lowest BCUT2D eigenvalue weighted by Crippen LogP contribution is -2.42. The molecule has 0 aliphatic heterocycles. The minimum absolute atomic E-state index is 0.214. The van der Waals surface area contributed by atoms with Gasteiger partial charge in [-0.05, 0) is 31.5 Å². The van der Waals surface area contributed by atoms with E-state index >= 15 is 0 Å². The van der Waals surface area contributed by atoms with Crippen LogP contribution in [0.1, 0.15) is 19.4 Å². The molecule has 0 saturated heterocycles. The van der Waals surface area contributed by atoms with Gasteiger partial charge < -0.3 is 10.2 Å². The summed E-state index contributed by atoms with van der Waals surface area (Å²) in [5, 5.41) is 2.51. The van der Waals surface area contributed by atoms with E-state index in [0.717, 1.165) is 5.56 Å². The molecule has 0 heterocycles. The Labute approximate surface area is 106 Å². The van der Waals surface area contributed by atoms with Crippen molar-refractivity contribution >= 4 is 11.8 Å². The topological polar surface area (TPSA) is 49.4 Å². The second kappa shape index (κ2) is 6.74. The highest BCUT2D eigenvalue weighted by Gasteiger charge is 2.18. The van der Waals surface area contributed by atoms with Crippen molar-refractivity contribution in [3.05, 3.63) is 35.6 Å². The molecule has 2 amide bonds. The van der Waals surface area contributed by atoms with E-state index in [1.54, 1.807) is 12.1 Å². The molecule has 0 aliphatic rings. The predicted molar refractivity (Wildman–Crippen MR) is 66.2 cm³/mol. The fourth-order valence-corrected chi connectivity index (χ4v) is 1.51. The molecule has 0 spiro atoms. The Hall–Kier alpha value is -1.91. The first-order valence-electron chi connectivity index (χ1n) is 5.90. The van der Waals surface area contributed by atoms with Gasteiger partial charge in [0.2, 0.25) is 0 Å². The molecule has 98 valence electrons. The highest BCUT2D eigenvalue weighted by molar-refractivity contribution is 6.34. The van der Waals surface area contributed by atoms with E-state index in [2.05, 4.69) is 5.32 Å². The number of nitrogens with one attached hydrogen (secondary N) is 1. The SMILES string of the molecule is CCN(CC)C(=O)C(=O)NCc1ccc(F)cc1. The monoisotopic (exact) mass is 252 g/mol. The van der Waals surface area contributed by atoms with Crippen LogP contribution >= 0.6 is 0 Å². The molecular weight excluding hydrogens is 235 g/mol. The molecule has 0 unspecified atom stereocenters. The molecule has 0 atom stereocenters. The zero-order valence-corrected chi connectivity index (χ0v) is 10.6. The summed E-state index contributed by atoms with van der Waals surface area (Å²) < 4.78 is 12.7. The zero-order chi connectivity index (χ0) is 13.5. The Kier molecular flexibility index (Phi) is 5.30. The fourth-order valence-electron chi connectivity index (χ4n) is 1.51. The highest BCUT2D eigenvalue weighted by Crippen LogP contribution is 2.02. The maximum absolute atomic E-state index is 12.7. The van der Waals surface area contributed by atoms with Crippen LogP contribution in [0.15, 0.2) is 24.3 Å². The molecule has 0 saturated carbocycles. The maximum atomic E-state index is 12.7. The van der Waals surface area contributed by atoms with Gasteiger partial charge in [-0.1, -0.05) is 12.1 Å². The van der Waals surface area contributed by atoms with Crippen molar-refractivity contribution in [3.8, 4) is 0 Å². The lowest BCUT2D eigenvalue weighted by atomic mass is 10.2. The molecule has 5 heteroatoms. The summed E-state index contributed by atoms with van der Waals surface area (Å²) in [6, 6.07) is 5.76. The third-order valence-electron chi connectivity index (χ3n) is 2.61. The second-order valence-corrected chi connectivity index (χ2v) is 3.79. The van der Waals surface area contributed by atoms with Crippen LogP contribution in [0.25, 0.3) is 0 Å². The number of hydrogen-bond acceptors (Lipinski definition) is 2. The van der Waals surface area contributed by atoms with Gasteiger partial charge in [0, 0.05) is 19.6 Å². The number of amides is 2. The van der Waals surface area contributed by atoms with Gasteiger partial charge >= 0.3 is 11.8 Å². The molecule has 0 bridgehead atoms. The standard InChI is InChI=1S/C13H17FN2O2/c1-3-16(4-2)13(18)12(17)15-9-10-5-7-11(14)8-6-10/h5-8H,3-4,9H2,1-2H3,(H,15,17). The predicted octanol–water partition coefficient (Wildman–Crippen LogP) is 1.31. The molecule has 0 radical (unpaired) electrons. The van der Waals surface area contributed by atoms with Crippen molar-refractivity contribution in [3.63, 3.8) is 0 Å². The summed E-state index contributed by atoms with van der Waals surface area (Å²) >= 11 is 0. The van der Waals surface area contributed by atoms with E-state index in [1.165, 1.54) is 17.0 Å². The van der Waals surface area contributed by atoms with Crippen LogP contribution in [0, 0.1) is 5.82 Å². The maximum Gasteiger partial charge on any atom is 0.311 e. The van der Waals surface area contributed by atoms with Crippen molar-refractivity contribution in [2.24, 2.45) is 0 Å². The highest BCUT2D eigenvalue weighted by atomic mass is 19.1. The lowest BCUT2D eigenvalue weighted by molar-refractivity contribution is -0.145. The summed E-state index contributed by atoms with van der Waals surface area (Å²) in [7, 11) is 0. The van der Waals surface area contributed by atoms with Crippen molar-refractivity contribution < 1.29 is 14.0 Å². The molecule has 1 aromatic carbocycles. The summed E-state index contributed by atoms with van der Waals surface area (Å²) in [6.45, 7) is 4.84. The molecule has 4 nitrogen and oxygen atoms in total. The van der Waals surface area contributed by atoms with Crippen LogP contribution in [-0.2, 0) is 16.1 Å². The minimum atomic E-state index is -0.636. The van der Waals surface area contributed by atoms with Crippen molar-refractivity contribution in [1.29, 1.82) is 0 Å². The van der Waals surface area contributed by atoms with Crippen LogP contribution in [0.3, 0.4) is 0 Å². The van der Waals surface area contributed by atoms with Gasteiger partial charge in [0.05, 0.1) is 0 Å². The van der Waals surface area contributed by atoms with Gasteiger partial charge in [0.15, 0.2) is 0 Å². The summed E-state index contributed by atoms with van der Waals surface area (Å²) in [6.07, 6.45) is 0. The van der Waals surface area contributed by atoms with Crippen molar-refractivity contribution in [2.75, 3.05) is 13.1 Å². The van der Waals surface area contributed by atoms with Gasteiger partial charge in [-0.2, -0.15) is 0 Å². The van der Waals surface area contributed by atoms with Crippen LogP contribution in [-0.4, -0.2) is 29.8 Å². The number of benzene rings is 1. The average Bonchev–Trinajstić information content (AvgIpc) is 2.39. The number of rotatable bonds is 4. The number of hydrogen-bond donors (Lipinski definition) is 1. The van der Waals surface area contributed by atoms with E-state index < -0.39 is 11.8 Å². The average molecular weight is 252 g/mol. The van der Waals surface area contributed by atoms with Crippen LogP contribution in [0.2, 0.25) is 0 Å². The number of likely N-dealkylation sites (N-methyl/N-ethyl adjacent to an activating group) is 1. The summed E-state index contributed by atoms with van der Waals surface area (Å²) in [5.74, 6) is -1.51. The van der Waals surface area contributed by atoms with E-state index in [0.29, 0.717) is 13.1 Å². The van der Waals surface area contributed by atoms with Gasteiger partial charge in [-0.25, -0.2) is 4.39 Å². The lowest BCUT2D eigenvalue weighted by Gasteiger charge is -2.17. The number of nitrogens with zero attached hydrogens (tertiary/aromatic N) is 1. The van der Waals surface area contributed by atoms with E-state index in [1.807, 2.05) is 13.8 Å². The van der Waals surface area contributed by atoms with Crippen molar-refractivity contribution in [1.82, 2.24) is 10.2 Å². The van der Waals surface area contributed by atoms with Crippen LogP contribution in [0.4, 0.5) is 4.39 Å². The summed E-state index contributed by atoms with van der Waals surface area (Å²) in [5.41, 5.74) is 0.747. The summed E-state index contributed by atoms with van der Waals surface area (Å²) in [4.78, 5) is 24.6. The molecule has 18 heavy (non-hydrogen) atoms. The Balaban J connectivity index is 2.50. The first-order valence-corrected chi connectivity index (χ1v) is 5.90. The Morgan fingerprint density at radius 1 is 1.17 bits per heavy atom. The largest absolute Gasteiger partial charge is 0.344 e. The van der Waals surface area contributed by atoms with E-state index in [4.69, 9.17) is 0 Å². The Morgan fingerprint density at radius 3 is 2.22 bits per heavy atom. The molecular formula is C13H17FN2O2. The molecule has 1 aromatic rings. The fraction of sp³-hybridized carbons (Fsp3) is 0.385. The van der Waals surface area contributed by atoms with E-state index in [-0.39, 0.29) is 12.4 Å². The van der Waals surface area contributed by atoms with Crippen molar-refractivity contribution in [2.45, 2.75) is 20.4 Å². The third-order valence-corrected chi connectivity index (χ3v) is 2.61. The number of halogens is 1. The Bertz CT molecular complexity index is 414. The smallest absolute Gasteiger partial charge is 0.311 e. The molecule has 0 aliphatic carbocycles. The van der Waals surface area contributed by atoms with Gasteiger partial charge in [-0.3, -0.25) is 9.59 Å². The molecule has 0 aromatic heterocycles. The molecule has 1 rings (SSSR count). The third kappa shape index (κ3) is 3.84. The molecule has 0 fully saturated rings. The minimum Gasteiger partial charge on any atom is -0.344 e. The zero-order valence-electron chi connectivity index (χ0n) is 10.6. The number of carbonyl (C=O) groups is 2. The second-order valence-electron chi connectivity index (χ2n) is 3.79. The van der Waals surface area contributed by atoms with Gasteiger partial charge in [0.1, 0.15) is 5.82 Å². The van der Waals surface area contributed by atoms with Crippen LogP contribution < -0.4 is 5.32 Å².